The van der Waals surface area contributed by atoms with Gasteiger partial charge in [-0.2, -0.15) is 0 Å². The van der Waals surface area contributed by atoms with Gasteiger partial charge in [-0.15, -0.1) is 17.9 Å². The summed E-state index contributed by atoms with van der Waals surface area (Å²) < 4.78 is 0. The molecule has 1 atom stereocenters. The molecule has 0 aliphatic heterocycles. The Kier molecular flexibility index (Phi) is 5.58. The Bertz CT molecular complexity index is 413. The number of amides is 2. The fourth-order valence-corrected chi connectivity index (χ4v) is 2.06. The molecule has 0 saturated heterocycles. The van der Waals surface area contributed by atoms with Crippen LogP contribution in [0.5, 0.6) is 0 Å². The first kappa shape index (κ1) is 14.4. The predicted molar refractivity (Wildman–Crippen MR) is 73.6 cm³/mol. The molecule has 1 aromatic rings. The SMILES string of the molecule is C=CCNC(=O)[C@@H](NC(=O)c1cccs1)C(C)C. The molecule has 5 heteroatoms. The molecule has 0 aromatic carbocycles. The number of thiophene rings is 1. The molecule has 2 N–H and O–H groups in total. The maximum atomic E-state index is 11.9. The van der Waals surface area contributed by atoms with Crippen molar-refractivity contribution in [1.82, 2.24) is 10.6 Å². The van der Waals surface area contributed by atoms with Gasteiger partial charge in [0, 0.05) is 6.54 Å². The van der Waals surface area contributed by atoms with Gasteiger partial charge >= 0.3 is 0 Å². The molecule has 1 aromatic heterocycles. The minimum absolute atomic E-state index is 0.0266. The largest absolute Gasteiger partial charge is 0.351 e. The summed E-state index contributed by atoms with van der Waals surface area (Å²) in [7, 11) is 0. The summed E-state index contributed by atoms with van der Waals surface area (Å²) in [5, 5.41) is 7.28. The maximum Gasteiger partial charge on any atom is 0.262 e. The van der Waals surface area contributed by atoms with Crippen molar-refractivity contribution < 1.29 is 9.59 Å². The number of hydrogen-bond donors (Lipinski definition) is 2. The van der Waals surface area contributed by atoms with Crippen LogP contribution < -0.4 is 10.6 Å². The summed E-state index contributed by atoms with van der Waals surface area (Å²) in [4.78, 5) is 24.4. The number of hydrogen-bond acceptors (Lipinski definition) is 3. The lowest BCUT2D eigenvalue weighted by atomic mass is 10.0. The van der Waals surface area contributed by atoms with Gasteiger partial charge in [0.25, 0.3) is 5.91 Å². The van der Waals surface area contributed by atoms with Crippen molar-refractivity contribution in [3.8, 4) is 0 Å². The Morgan fingerprint density at radius 1 is 1.50 bits per heavy atom. The zero-order valence-electron chi connectivity index (χ0n) is 10.6. The lowest BCUT2D eigenvalue weighted by molar-refractivity contribution is -0.123. The molecule has 98 valence electrons. The summed E-state index contributed by atoms with van der Waals surface area (Å²) in [6, 6.07) is 3.01. The van der Waals surface area contributed by atoms with Crippen LogP contribution in [0.1, 0.15) is 23.5 Å². The Balaban J connectivity index is 2.66. The van der Waals surface area contributed by atoms with Crippen LogP contribution >= 0.6 is 11.3 Å². The summed E-state index contributed by atoms with van der Waals surface area (Å²) >= 11 is 1.35. The van der Waals surface area contributed by atoms with Crippen molar-refractivity contribution in [3.63, 3.8) is 0 Å². The van der Waals surface area contributed by atoms with Crippen LogP contribution in [0, 0.1) is 5.92 Å². The van der Waals surface area contributed by atoms with Crippen LogP contribution in [0.3, 0.4) is 0 Å². The third-order valence-electron chi connectivity index (χ3n) is 2.40. The normalized spacial score (nSPS) is 11.9. The van der Waals surface area contributed by atoms with E-state index in [1.165, 1.54) is 11.3 Å². The molecule has 2 amide bonds. The van der Waals surface area contributed by atoms with E-state index >= 15 is 0 Å². The predicted octanol–water partition coefficient (Wildman–Crippen LogP) is 1.80. The van der Waals surface area contributed by atoms with Crippen LogP contribution in [0.2, 0.25) is 0 Å². The molecule has 18 heavy (non-hydrogen) atoms. The topological polar surface area (TPSA) is 58.2 Å². The smallest absolute Gasteiger partial charge is 0.262 e. The number of carbonyl (C=O) groups is 2. The van der Waals surface area contributed by atoms with Gasteiger partial charge in [-0.1, -0.05) is 26.0 Å². The van der Waals surface area contributed by atoms with Crippen LogP contribution in [-0.2, 0) is 4.79 Å². The van der Waals surface area contributed by atoms with E-state index in [9.17, 15) is 9.59 Å². The van der Waals surface area contributed by atoms with E-state index in [0.29, 0.717) is 11.4 Å². The summed E-state index contributed by atoms with van der Waals surface area (Å²) in [5.74, 6) is -0.369. The van der Waals surface area contributed by atoms with E-state index in [1.807, 2.05) is 25.3 Å². The molecule has 0 bridgehead atoms. The molecule has 1 heterocycles. The molecule has 4 nitrogen and oxygen atoms in total. The van der Waals surface area contributed by atoms with Gasteiger partial charge in [-0.25, -0.2) is 0 Å². The zero-order valence-corrected chi connectivity index (χ0v) is 11.4. The second-order valence-corrected chi connectivity index (χ2v) is 5.15. The van der Waals surface area contributed by atoms with Gasteiger partial charge < -0.3 is 10.6 Å². The third kappa shape index (κ3) is 4.00. The molecule has 0 radical (unpaired) electrons. The van der Waals surface area contributed by atoms with Crippen molar-refractivity contribution in [3.05, 3.63) is 35.0 Å². The van der Waals surface area contributed by atoms with E-state index in [-0.39, 0.29) is 17.7 Å². The van der Waals surface area contributed by atoms with Crippen molar-refractivity contribution in [2.75, 3.05) is 6.54 Å². The van der Waals surface area contributed by atoms with E-state index in [1.54, 1.807) is 12.1 Å². The Morgan fingerprint density at radius 2 is 2.22 bits per heavy atom. The zero-order chi connectivity index (χ0) is 13.5. The first-order chi connectivity index (χ1) is 8.56. The Morgan fingerprint density at radius 3 is 2.72 bits per heavy atom. The third-order valence-corrected chi connectivity index (χ3v) is 3.27. The molecule has 0 saturated carbocycles. The molecular weight excluding hydrogens is 248 g/mol. The molecule has 0 fully saturated rings. The van der Waals surface area contributed by atoms with Crippen LogP contribution in [0.4, 0.5) is 0 Å². The standard InChI is InChI=1S/C13H18N2O2S/c1-4-7-14-13(17)11(9(2)3)15-12(16)10-6-5-8-18-10/h4-6,8-9,11H,1,7H2,2-3H3,(H,14,17)(H,15,16)/t11-/m0/s1. The first-order valence-electron chi connectivity index (χ1n) is 5.79. The highest BCUT2D eigenvalue weighted by molar-refractivity contribution is 7.12. The maximum absolute atomic E-state index is 11.9. The van der Waals surface area contributed by atoms with Crippen LogP contribution in [0.15, 0.2) is 30.2 Å². The van der Waals surface area contributed by atoms with Gasteiger partial charge in [-0.3, -0.25) is 9.59 Å². The van der Waals surface area contributed by atoms with Crippen molar-refractivity contribution in [2.24, 2.45) is 5.92 Å². The minimum atomic E-state index is -0.528. The first-order valence-corrected chi connectivity index (χ1v) is 6.67. The molecule has 1 rings (SSSR count). The van der Waals surface area contributed by atoms with Crippen LogP contribution in [0.25, 0.3) is 0 Å². The van der Waals surface area contributed by atoms with Gasteiger partial charge in [0.05, 0.1) is 4.88 Å². The average molecular weight is 266 g/mol. The molecule has 0 spiro atoms. The highest BCUT2D eigenvalue weighted by Gasteiger charge is 2.24. The lowest BCUT2D eigenvalue weighted by Gasteiger charge is -2.21. The van der Waals surface area contributed by atoms with E-state index in [4.69, 9.17) is 0 Å². The van der Waals surface area contributed by atoms with E-state index in [2.05, 4.69) is 17.2 Å². The van der Waals surface area contributed by atoms with E-state index < -0.39 is 6.04 Å². The second kappa shape index (κ2) is 6.96. The minimum Gasteiger partial charge on any atom is -0.351 e. The highest BCUT2D eigenvalue weighted by atomic mass is 32.1. The number of carbonyl (C=O) groups excluding carboxylic acids is 2. The monoisotopic (exact) mass is 266 g/mol. The van der Waals surface area contributed by atoms with Gasteiger partial charge in [0.2, 0.25) is 5.91 Å². The Hall–Kier alpha value is -1.62. The number of nitrogens with one attached hydrogen (secondary N) is 2. The van der Waals surface area contributed by atoms with Gasteiger partial charge in [-0.05, 0) is 17.4 Å². The highest BCUT2D eigenvalue weighted by Crippen LogP contribution is 2.10. The fraction of sp³-hybridized carbons (Fsp3) is 0.385. The summed E-state index contributed by atoms with van der Waals surface area (Å²) in [6.45, 7) is 7.73. The van der Waals surface area contributed by atoms with Crippen molar-refractivity contribution in [1.29, 1.82) is 0 Å². The summed E-state index contributed by atoms with van der Waals surface area (Å²) in [6.07, 6.45) is 1.61. The van der Waals surface area contributed by atoms with Gasteiger partial charge in [0.15, 0.2) is 0 Å². The molecule has 0 aliphatic carbocycles. The van der Waals surface area contributed by atoms with Crippen molar-refractivity contribution in [2.45, 2.75) is 19.9 Å². The lowest BCUT2D eigenvalue weighted by Crippen LogP contribution is -2.49. The van der Waals surface area contributed by atoms with E-state index in [0.717, 1.165) is 0 Å². The molecule has 0 unspecified atom stereocenters. The molecule has 0 aliphatic rings. The quantitative estimate of drug-likeness (QED) is 0.771. The van der Waals surface area contributed by atoms with Crippen LogP contribution in [-0.4, -0.2) is 24.4 Å². The average Bonchev–Trinajstić information content (AvgIpc) is 2.86. The fourth-order valence-electron chi connectivity index (χ4n) is 1.44. The summed E-state index contributed by atoms with van der Waals surface area (Å²) in [5.41, 5.74) is 0. The Labute approximate surface area is 111 Å². The van der Waals surface area contributed by atoms with Crippen molar-refractivity contribution >= 4 is 23.2 Å². The number of rotatable bonds is 6. The van der Waals surface area contributed by atoms with Gasteiger partial charge in [0.1, 0.15) is 6.04 Å². The second-order valence-electron chi connectivity index (χ2n) is 4.21. The molecular formula is C13H18N2O2S.